The maximum Gasteiger partial charge on any atom is 0.179 e. The van der Waals surface area contributed by atoms with E-state index in [1.807, 2.05) is 37.3 Å². The number of rotatable bonds is 11. The van der Waals surface area contributed by atoms with Crippen LogP contribution in [0.4, 0.5) is 15.9 Å². The van der Waals surface area contributed by atoms with Crippen molar-refractivity contribution in [1.82, 2.24) is 9.97 Å². The standard InChI is InChI=1S/C32H33ClFN3O5S/c1-20(2)43(38,39)22(4)42-21(3)32(13-6-14-41-32)24-9-11-29-27(16-24)31(36-19-35-29)37-26-10-12-30(28(33)17-26)40-18-23-7-5-8-25(34)15-23/h5-12,14-17,19-22H,13,18H2,1-4H3,(H,35,36,37). The predicted octanol–water partition coefficient (Wildman–Crippen LogP) is 7.45. The molecule has 1 aliphatic heterocycles. The number of hydrogen-bond donors (Lipinski definition) is 1. The van der Waals surface area contributed by atoms with E-state index in [4.69, 9.17) is 25.8 Å². The van der Waals surface area contributed by atoms with Crippen LogP contribution in [-0.2, 0) is 31.5 Å². The summed E-state index contributed by atoms with van der Waals surface area (Å²) in [5, 5.41) is 3.85. The Morgan fingerprint density at radius 3 is 2.58 bits per heavy atom. The first-order valence-electron chi connectivity index (χ1n) is 13.9. The predicted molar refractivity (Wildman–Crippen MR) is 166 cm³/mol. The van der Waals surface area contributed by atoms with Gasteiger partial charge in [0.25, 0.3) is 0 Å². The van der Waals surface area contributed by atoms with Crippen LogP contribution in [0.15, 0.2) is 79.3 Å². The fourth-order valence-electron chi connectivity index (χ4n) is 5.02. The molecule has 0 aliphatic carbocycles. The zero-order chi connectivity index (χ0) is 30.8. The van der Waals surface area contributed by atoms with Gasteiger partial charge in [-0.05, 0) is 87.4 Å². The lowest BCUT2D eigenvalue weighted by Crippen LogP contribution is -2.43. The summed E-state index contributed by atoms with van der Waals surface area (Å²) in [5.41, 5.74) is 0.918. The molecule has 0 radical (unpaired) electrons. The minimum absolute atomic E-state index is 0.173. The van der Waals surface area contributed by atoms with Crippen LogP contribution in [0.5, 0.6) is 5.75 Å². The fraction of sp³-hybridized carbons (Fsp3) is 0.312. The topological polar surface area (TPSA) is 99.6 Å². The monoisotopic (exact) mass is 625 g/mol. The first kappa shape index (κ1) is 30.7. The van der Waals surface area contributed by atoms with Gasteiger partial charge in [0, 0.05) is 17.5 Å². The third kappa shape index (κ3) is 6.46. The molecule has 3 unspecified atom stereocenters. The van der Waals surface area contributed by atoms with E-state index in [1.54, 1.807) is 51.3 Å². The van der Waals surface area contributed by atoms with Crippen LogP contribution in [0.3, 0.4) is 0 Å². The second-order valence-electron chi connectivity index (χ2n) is 10.7. The minimum Gasteiger partial charge on any atom is -0.487 e. The Hall–Kier alpha value is -3.73. The van der Waals surface area contributed by atoms with E-state index in [0.717, 1.165) is 10.9 Å². The molecular formula is C32H33ClFN3O5S. The summed E-state index contributed by atoms with van der Waals surface area (Å²) in [6.07, 6.45) is 4.88. The smallest absolute Gasteiger partial charge is 0.179 e. The molecule has 3 aromatic carbocycles. The molecule has 8 nitrogen and oxygen atoms in total. The molecule has 43 heavy (non-hydrogen) atoms. The lowest BCUT2D eigenvalue weighted by atomic mass is 9.85. The summed E-state index contributed by atoms with van der Waals surface area (Å²) >= 11 is 6.52. The number of fused-ring (bicyclic) bond motifs is 1. The highest BCUT2D eigenvalue weighted by Gasteiger charge is 2.44. The number of ether oxygens (including phenoxy) is 3. The number of aromatic nitrogens is 2. The van der Waals surface area contributed by atoms with Gasteiger partial charge in [-0.1, -0.05) is 29.8 Å². The highest BCUT2D eigenvalue weighted by atomic mass is 35.5. The Bertz CT molecular complexity index is 1760. The average Bonchev–Trinajstić information content (AvgIpc) is 3.48. The van der Waals surface area contributed by atoms with Crippen molar-refractivity contribution in [1.29, 1.82) is 0 Å². The van der Waals surface area contributed by atoms with Gasteiger partial charge in [-0.15, -0.1) is 0 Å². The first-order chi connectivity index (χ1) is 20.5. The van der Waals surface area contributed by atoms with E-state index in [0.29, 0.717) is 39.8 Å². The Morgan fingerprint density at radius 1 is 1.07 bits per heavy atom. The van der Waals surface area contributed by atoms with Crippen LogP contribution in [-0.4, -0.2) is 35.2 Å². The fourth-order valence-corrected chi connectivity index (χ4v) is 6.34. The largest absolute Gasteiger partial charge is 0.487 e. The number of nitrogens with one attached hydrogen (secondary N) is 1. The summed E-state index contributed by atoms with van der Waals surface area (Å²) in [6.45, 7) is 6.83. The van der Waals surface area contributed by atoms with Gasteiger partial charge in [-0.25, -0.2) is 22.8 Å². The zero-order valence-corrected chi connectivity index (χ0v) is 25.8. The molecule has 0 fully saturated rings. The van der Waals surface area contributed by atoms with Crippen molar-refractivity contribution in [3.63, 3.8) is 0 Å². The van der Waals surface area contributed by atoms with Crippen LogP contribution in [0.1, 0.15) is 45.2 Å². The number of benzene rings is 3. The Kier molecular flexibility index (Phi) is 8.91. The molecule has 1 aliphatic rings. The lowest BCUT2D eigenvalue weighted by molar-refractivity contribution is -0.106. The quantitative estimate of drug-likeness (QED) is 0.183. The van der Waals surface area contributed by atoms with Crippen molar-refractivity contribution in [2.75, 3.05) is 5.32 Å². The number of hydrogen-bond acceptors (Lipinski definition) is 8. The van der Waals surface area contributed by atoms with E-state index in [1.165, 1.54) is 18.5 Å². The zero-order valence-electron chi connectivity index (χ0n) is 24.3. The molecule has 0 spiro atoms. The molecule has 4 aromatic rings. The van der Waals surface area contributed by atoms with Gasteiger partial charge in [-0.2, -0.15) is 0 Å². The van der Waals surface area contributed by atoms with Crippen molar-refractivity contribution in [2.24, 2.45) is 0 Å². The van der Waals surface area contributed by atoms with Crippen molar-refractivity contribution >= 4 is 43.8 Å². The Balaban J connectivity index is 1.39. The average molecular weight is 626 g/mol. The second kappa shape index (κ2) is 12.5. The second-order valence-corrected chi connectivity index (χ2v) is 13.9. The molecule has 1 N–H and O–H groups in total. The van der Waals surface area contributed by atoms with Gasteiger partial charge in [0.15, 0.2) is 20.9 Å². The van der Waals surface area contributed by atoms with Gasteiger partial charge in [0.1, 0.15) is 36.4 Å². The Labute approximate surface area is 255 Å². The third-order valence-corrected chi connectivity index (χ3v) is 10.2. The van der Waals surface area contributed by atoms with Crippen molar-refractivity contribution in [3.8, 4) is 5.75 Å². The van der Waals surface area contributed by atoms with Crippen LogP contribution in [0.2, 0.25) is 5.02 Å². The Morgan fingerprint density at radius 2 is 1.88 bits per heavy atom. The number of anilines is 2. The molecule has 0 bridgehead atoms. The molecule has 2 heterocycles. The summed E-state index contributed by atoms with van der Waals surface area (Å²) in [5.74, 6) is 0.674. The summed E-state index contributed by atoms with van der Waals surface area (Å²) in [6, 6.07) is 17.2. The first-order valence-corrected chi connectivity index (χ1v) is 15.9. The molecule has 0 saturated carbocycles. The summed E-state index contributed by atoms with van der Waals surface area (Å²) in [7, 11) is -3.48. The maximum atomic E-state index is 13.5. The molecule has 5 rings (SSSR count). The van der Waals surface area contributed by atoms with Crippen molar-refractivity contribution in [2.45, 2.75) is 63.1 Å². The highest BCUT2D eigenvalue weighted by molar-refractivity contribution is 7.92. The summed E-state index contributed by atoms with van der Waals surface area (Å²) < 4.78 is 57.0. The van der Waals surface area contributed by atoms with E-state index < -0.39 is 32.2 Å². The summed E-state index contributed by atoms with van der Waals surface area (Å²) in [4.78, 5) is 8.89. The van der Waals surface area contributed by atoms with Crippen molar-refractivity contribution < 1.29 is 27.0 Å². The normalized spacial score (nSPS) is 18.0. The van der Waals surface area contributed by atoms with Gasteiger partial charge in [0.05, 0.1) is 22.1 Å². The van der Waals surface area contributed by atoms with E-state index in [2.05, 4.69) is 15.3 Å². The number of nitrogens with zero attached hydrogens (tertiary/aromatic N) is 2. The van der Waals surface area contributed by atoms with Crippen molar-refractivity contribution in [3.05, 3.63) is 101 Å². The molecule has 3 atom stereocenters. The van der Waals surface area contributed by atoms with E-state index in [9.17, 15) is 12.8 Å². The maximum absolute atomic E-state index is 13.5. The van der Waals surface area contributed by atoms with Crippen LogP contribution in [0.25, 0.3) is 10.9 Å². The van der Waals surface area contributed by atoms with Gasteiger partial charge in [-0.3, -0.25) is 0 Å². The molecule has 1 aromatic heterocycles. The molecule has 0 saturated heterocycles. The van der Waals surface area contributed by atoms with Gasteiger partial charge in [0.2, 0.25) is 0 Å². The van der Waals surface area contributed by atoms with Crippen LogP contribution >= 0.6 is 11.6 Å². The van der Waals surface area contributed by atoms with Gasteiger partial charge < -0.3 is 19.5 Å². The highest BCUT2D eigenvalue weighted by Crippen LogP contribution is 2.42. The van der Waals surface area contributed by atoms with E-state index in [-0.39, 0.29) is 12.4 Å². The SMILES string of the molecule is CC(OC(C)S(=O)(=O)C(C)C)C1(c2ccc3ncnc(Nc4ccc(OCc5cccc(F)c5)c(Cl)c4)c3c2)CC=CO1. The molecular weight excluding hydrogens is 593 g/mol. The van der Waals surface area contributed by atoms with E-state index >= 15 is 0 Å². The number of halogens is 2. The van der Waals surface area contributed by atoms with Crippen LogP contribution in [0, 0.1) is 5.82 Å². The molecule has 11 heteroatoms. The molecule has 226 valence electrons. The molecule has 0 amide bonds. The van der Waals surface area contributed by atoms with Gasteiger partial charge >= 0.3 is 0 Å². The van der Waals surface area contributed by atoms with Crippen LogP contribution < -0.4 is 10.1 Å². The lowest BCUT2D eigenvalue weighted by Gasteiger charge is -2.36. The minimum atomic E-state index is -3.48. The third-order valence-electron chi connectivity index (χ3n) is 7.57. The number of sulfone groups is 1.